The molecule has 1 atom stereocenters. The highest BCUT2D eigenvalue weighted by Crippen LogP contribution is 2.27. The van der Waals surface area contributed by atoms with Crippen molar-refractivity contribution < 1.29 is 9.63 Å². The zero-order valence-corrected chi connectivity index (χ0v) is 13.2. The Morgan fingerprint density at radius 3 is 3.00 bits per heavy atom. The van der Waals surface area contributed by atoms with Crippen LogP contribution >= 0.6 is 27.3 Å². The van der Waals surface area contributed by atoms with Gasteiger partial charge < -0.3 is 9.63 Å². The number of thiophene rings is 1. The number of rotatable bonds is 6. The Morgan fingerprint density at radius 2 is 2.37 bits per heavy atom. The van der Waals surface area contributed by atoms with E-state index in [4.69, 9.17) is 4.52 Å². The fourth-order valence-corrected chi connectivity index (χ4v) is 2.92. The van der Waals surface area contributed by atoms with Crippen LogP contribution in [0.15, 0.2) is 20.4 Å². The molecule has 0 aliphatic rings. The molecule has 1 unspecified atom stereocenters. The molecule has 2 aromatic heterocycles. The van der Waals surface area contributed by atoms with E-state index in [-0.39, 0.29) is 6.10 Å². The number of hydrogen-bond donors (Lipinski definition) is 1. The summed E-state index contributed by atoms with van der Waals surface area (Å²) in [5, 5.41) is 15.2. The standard InChI is InChI=1S/C12H16BrN3O2S/c1-8(17)3-4-16(2)6-11-14-12(15-18-11)10-5-9(13)7-19-10/h5,7-8,17H,3-4,6H2,1-2H3. The van der Waals surface area contributed by atoms with Crippen LogP contribution in [0, 0.1) is 0 Å². The van der Waals surface area contributed by atoms with Crippen LogP contribution in [0.5, 0.6) is 0 Å². The molecule has 0 aromatic carbocycles. The molecule has 7 heteroatoms. The fourth-order valence-electron chi connectivity index (χ4n) is 1.57. The van der Waals surface area contributed by atoms with Gasteiger partial charge in [0.05, 0.1) is 17.5 Å². The van der Waals surface area contributed by atoms with Gasteiger partial charge in [0.1, 0.15) is 0 Å². The number of aliphatic hydroxyl groups is 1. The Kier molecular flexibility index (Phi) is 5.09. The van der Waals surface area contributed by atoms with Gasteiger partial charge in [0.25, 0.3) is 0 Å². The minimum absolute atomic E-state index is 0.288. The largest absolute Gasteiger partial charge is 0.393 e. The van der Waals surface area contributed by atoms with Gasteiger partial charge in [-0.05, 0) is 42.4 Å². The van der Waals surface area contributed by atoms with E-state index in [1.54, 1.807) is 18.3 Å². The van der Waals surface area contributed by atoms with E-state index in [9.17, 15) is 5.11 Å². The van der Waals surface area contributed by atoms with Gasteiger partial charge in [-0.2, -0.15) is 4.98 Å². The summed E-state index contributed by atoms with van der Waals surface area (Å²) in [7, 11) is 1.97. The summed E-state index contributed by atoms with van der Waals surface area (Å²) in [6, 6.07) is 1.97. The van der Waals surface area contributed by atoms with E-state index in [0.717, 1.165) is 22.3 Å². The van der Waals surface area contributed by atoms with Gasteiger partial charge in [-0.15, -0.1) is 11.3 Å². The van der Waals surface area contributed by atoms with Gasteiger partial charge in [-0.3, -0.25) is 4.90 Å². The first-order valence-electron chi connectivity index (χ1n) is 5.98. The number of hydrogen-bond acceptors (Lipinski definition) is 6. The van der Waals surface area contributed by atoms with Crippen LogP contribution in [0.3, 0.4) is 0 Å². The summed E-state index contributed by atoms with van der Waals surface area (Å²) < 4.78 is 6.25. The average Bonchev–Trinajstić information content (AvgIpc) is 2.95. The first-order chi connectivity index (χ1) is 9.04. The predicted molar refractivity (Wildman–Crippen MR) is 77.9 cm³/mol. The lowest BCUT2D eigenvalue weighted by molar-refractivity contribution is 0.158. The van der Waals surface area contributed by atoms with Gasteiger partial charge in [0.2, 0.25) is 11.7 Å². The molecule has 2 aromatic rings. The Balaban J connectivity index is 1.94. The van der Waals surface area contributed by atoms with Gasteiger partial charge in [0, 0.05) is 16.4 Å². The number of halogens is 1. The second-order valence-electron chi connectivity index (χ2n) is 4.52. The summed E-state index contributed by atoms with van der Waals surface area (Å²) in [5.74, 6) is 1.21. The maximum atomic E-state index is 9.24. The molecule has 0 saturated heterocycles. The monoisotopic (exact) mass is 345 g/mol. The van der Waals surface area contributed by atoms with Crippen LogP contribution in [0.2, 0.25) is 0 Å². The molecule has 0 spiro atoms. The maximum Gasteiger partial charge on any atom is 0.241 e. The summed E-state index contributed by atoms with van der Waals surface area (Å²) in [6.07, 6.45) is 0.444. The van der Waals surface area contributed by atoms with Crippen LogP contribution in [0.4, 0.5) is 0 Å². The van der Waals surface area contributed by atoms with Crippen LogP contribution in [0.25, 0.3) is 10.7 Å². The number of aromatic nitrogens is 2. The molecule has 104 valence electrons. The molecule has 0 aliphatic heterocycles. The summed E-state index contributed by atoms with van der Waals surface area (Å²) >= 11 is 4.97. The van der Waals surface area contributed by atoms with Crippen molar-refractivity contribution in [2.45, 2.75) is 26.0 Å². The summed E-state index contributed by atoms with van der Waals surface area (Å²) in [6.45, 7) is 3.17. The molecule has 1 N–H and O–H groups in total. The fraction of sp³-hybridized carbons (Fsp3) is 0.500. The first kappa shape index (κ1) is 14.6. The smallest absolute Gasteiger partial charge is 0.241 e. The zero-order chi connectivity index (χ0) is 13.8. The quantitative estimate of drug-likeness (QED) is 0.872. The van der Waals surface area contributed by atoms with Crippen molar-refractivity contribution >= 4 is 27.3 Å². The summed E-state index contributed by atoms with van der Waals surface area (Å²) in [4.78, 5) is 7.40. The number of nitrogens with zero attached hydrogens (tertiary/aromatic N) is 3. The van der Waals surface area contributed by atoms with Crippen molar-refractivity contribution in [2.75, 3.05) is 13.6 Å². The van der Waals surface area contributed by atoms with Gasteiger partial charge >= 0.3 is 0 Å². The molecule has 0 saturated carbocycles. The van der Waals surface area contributed by atoms with Crippen LogP contribution in [-0.2, 0) is 6.54 Å². The van der Waals surface area contributed by atoms with E-state index in [2.05, 4.69) is 26.1 Å². The first-order valence-corrected chi connectivity index (χ1v) is 7.65. The highest BCUT2D eigenvalue weighted by molar-refractivity contribution is 9.10. The molecular weight excluding hydrogens is 330 g/mol. The van der Waals surface area contributed by atoms with Gasteiger partial charge in [-0.25, -0.2) is 0 Å². The van der Waals surface area contributed by atoms with Crippen molar-refractivity contribution in [3.8, 4) is 10.7 Å². The molecule has 5 nitrogen and oxygen atoms in total. The molecule has 0 radical (unpaired) electrons. The second-order valence-corrected chi connectivity index (χ2v) is 6.34. The van der Waals surface area contributed by atoms with Crippen molar-refractivity contribution in [2.24, 2.45) is 0 Å². The lowest BCUT2D eigenvalue weighted by Gasteiger charge is -2.14. The van der Waals surface area contributed by atoms with Crippen molar-refractivity contribution in [1.82, 2.24) is 15.0 Å². The van der Waals surface area contributed by atoms with Gasteiger partial charge in [-0.1, -0.05) is 5.16 Å². The Bertz CT molecular complexity index is 527. The zero-order valence-electron chi connectivity index (χ0n) is 10.8. The van der Waals surface area contributed by atoms with E-state index >= 15 is 0 Å². The molecule has 0 aliphatic carbocycles. The van der Waals surface area contributed by atoms with Gasteiger partial charge in [0.15, 0.2) is 0 Å². The highest BCUT2D eigenvalue weighted by Gasteiger charge is 2.12. The SMILES string of the molecule is CC(O)CCN(C)Cc1nc(-c2cc(Br)cs2)no1. The molecule has 0 bridgehead atoms. The average molecular weight is 346 g/mol. The lowest BCUT2D eigenvalue weighted by atomic mass is 10.3. The van der Waals surface area contributed by atoms with Crippen LogP contribution < -0.4 is 0 Å². The molecular formula is C12H16BrN3O2S. The minimum Gasteiger partial charge on any atom is -0.393 e. The van der Waals surface area contributed by atoms with Crippen molar-refractivity contribution in [1.29, 1.82) is 0 Å². The Labute approximate surface area is 124 Å². The summed E-state index contributed by atoms with van der Waals surface area (Å²) in [5.41, 5.74) is 0. The molecule has 19 heavy (non-hydrogen) atoms. The third-order valence-electron chi connectivity index (χ3n) is 2.59. The molecule has 0 amide bonds. The van der Waals surface area contributed by atoms with E-state index in [1.165, 1.54) is 0 Å². The topological polar surface area (TPSA) is 62.4 Å². The molecule has 2 heterocycles. The third kappa shape index (κ3) is 4.38. The Morgan fingerprint density at radius 1 is 1.58 bits per heavy atom. The minimum atomic E-state index is -0.288. The normalized spacial score (nSPS) is 13.1. The lowest BCUT2D eigenvalue weighted by Crippen LogP contribution is -2.22. The van der Waals surface area contributed by atoms with Crippen LogP contribution in [0.1, 0.15) is 19.2 Å². The maximum absolute atomic E-state index is 9.24. The highest BCUT2D eigenvalue weighted by atomic mass is 79.9. The van der Waals surface area contributed by atoms with Crippen molar-refractivity contribution in [3.05, 3.63) is 21.8 Å². The van der Waals surface area contributed by atoms with Crippen LogP contribution in [-0.4, -0.2) is 39.8 Å². The second kappa shape index (κ2) is 6.60. The predicted octanol–water partition coefficient (Wildman–Crippen LogP) is 2.76. The molecule has 2 rings (SSSR count). The van der Waals surface area contributed by atoms with Crippen molar-refractivity contribution in [3.63, 3.8) is 0 Å². The molecule has 0 fully saturated rings. The van der Waals surface area contributed by atoms with E-state index in [0.29, 0.717) is 18.3 Å². The third-order valence-corrected chi connectivity index (χ3v) is 4.28. The van der Waals surface area contributed by atoms with E-state index in [1.807, 2.05) is 23.4 Å². The Hall–Kier alpha value is -0.760. The van der Waals surface area contributed by atoms with E-state index < -0.39 is 0 Å². The number of aliphatic hydroxyl groups excluding tert-OH is 1.